The Kier molecular flexibility index (Phi) is 2.05. The van der Waals surface area contributed by atoms with E-state index in [0.29, 0.717) is 6.54 Å². The van der Waals surface area contributed by atoms with E-state index in [9.17, 15) is 0 Å². The lowest BCUT2D eigenvalue weighted by atomic mass is 10.2. The number of nitrogens with two attached hydrogens (primary N) is 1. The van der Waals surface area contributed by atoms with Crippen LogP contribution < -0.4 is 5.73 Å². The maximum absolute atomic E-state index is 5.85. The van der Waals surface area contributed by atoms with E-state index in [1.807, 2.05) is 18.2 Å². The van der Waals surface area contributed by atoms with Crippen LogP contribution in [0.15, 0.2) is 23.6 Å². The Morgan fingerprint density at radius 1 is 1.42 bits per heavy atom. The van der Waals surface area contributed by atoms with Crippen LogP contribution in [-0.4, -0.2) is 0 Å². The van der Waals surface area contributed by atoms with E-state index in [1.165, 1.54) is 15.6 Å². The second kappa shape index (κ2) is 3.05. The van der Waals surface area contributed by atoms with Crippen molar-refractivity contribution in [1.29, 1.82) is 0 Å². The first-order valence-corrected chi connectivity index (χ1v) is 4.92. The SMILES string of the molecule is NCc1csc2cc(Cl)ccc12. The third-order valence-electron chi connectivity index (χ3n) is 1.84. The van der Waals surface area contributed by atoms with Crippen LogP contribution in [0.2, 0.25) is 5.02 Å². The highest BCUT2D eigenvalue weighted by atomic mass is 35.5. The van der Waals surface area contributed by atoms with Gasteiger partial charge in [0, 0.05) is 16.3 Å². The van der Waals surface area contributed by atoms with Gasteiger partial charge in [0.15, 0.2) is 0 Å². The van der Waals surface area contributed by atoms with Gasteiger partial charge in [-0.1, -0.05) is 17.7 Å². The molecule has 0 saturated carbocycles. The van der Waals surface area contributed by atoms with Crippen molar-refractivity contribution in [3.8, 4) is 0 Å². The summed E-state index contributed by atoms with van der Waals surface area (Å²) in [5, 5.41) is 4.10. The Morgan fingerprint density at radius 3 is 3.00 bits per heavy atom. The smallest absolute Gasteiger partial charge is 0.0420 e. The molecular weight excluding hydrogens is 190 g/mol. The zero-order chi connectivity index (χ0) is 8.55. The molecule has 0 aliphatic rings. The lowest BCUT2D eigenvalue weighted by molar-refractivity contribution is 1.09. The summed E-state index contributed by atoms with van der Waals surface area (Å²) >= 11 is 7.53. The molecule has 0 aliphatic heterocycles. The zero-order valence-electron chi connectivity index (χ0n) is 6.38. The molecule has 1 nitrogen and oxygen atoms in total. The number of thiophene rings is 1. The van der Waals surface area contributed by atoms with Crippen molar-refractivity contribution in [2.24, 2.45) is 5.73 Å². The fraction of sp³-hybridized carbons (Fsp3) is 0.111. The predicted molar refractivity (Wildman–Crippen MR) is 54.7 cm³/mol. The Morgan fingerprint density at radius 2 is 2.25 bits per heavy atom. The molecule has 2 aromatic rings. The molecule has 0 spiro atoms. The van der Waals surface area contributed by atoms with E-state index in [2.05, 4.69) is 5.38 Å². The highest BCUT2D eigenvalue weighted by Gasteiger charge is 2.01. The average molecular weight is 198 g/mol. The molecule has 0 bridgehead atoms. The van der Waals surface area contributed by atoms with Gasteiger partial charge in [-0.3, -0.25) is 0 Å². The van der Waals surface area contributed by atoms with Crippen LogP contribution in [0.4, 0.5) is 0 Å². The first-order chi connectivity index (χ1) is 5.81. The van der Waals surface area contributed by atoms with Crippen LogP contribution in [-0.2, 0) is 6.54 Å². The normalized spacial score (nSPS) is 10.8. The molecule has 0 amide bonds. The minimum Gasteiger partial charge on any atom is -0.326 e. The van der Waals surface area contributed by atoms with Gasteiger partial charge in [0.25, 0.3) is 0 Å². The summed E-state index contributed by atoms with van der Waals surface area (Å²) in [5.74, 6) is 0. The molecule has 0 fully saturated rings. The quantitative estimate of drug-likeness (QED) is 0.748. The van der Waals surface area contributed by atoms with E-state index >= 15 is 0 Å². The first kappa shape index (κ1) is 8.05. The molecule has 1 aromatic heterocycles. The van der Waals surface area contributed by atoms with Gasteiger partial charge >= 0.3 is 0 Å². The molecule has 3 heteroatoms. The van der Waals surface area contributed by atoms with E-state index < -0.39 is 0 Å². The highest BCUT2D eigenvalue weighted by Crippen LogP contribution is 2.28. The summed E-state index contributed by atoms with van der Waals surface area (Å²) in [4.78, 5) is 0. The fourth-order valence-electron chi connectivity index (χ4n) is 1.22. The number of hydrogen-bond acceptors (Lipinski definition) is 2. The average Bonchev–Trinajstić information content (AvgIpc) is 2.46. The minimum atomic E-state index is 0.599. The largest absolute Gasteiger partial charge is 0.326 e. The number of halogens is 1. The topological polar surface area (TPSA) is 26.0 Å². The van der Waals surface area contributed by atoms with Crippen molar-refractivity contribution in [2.45, 2.75) is 6.54 Å². The zero-order valence-corrected chi connectivity index (χ0v) is 7.95. The fourth-order valence-corrected chi connectivity index (χ4v) is 2.47. The minimum absolute atomic E-state index is 0.599. The van der Waals surface area contributed by atoms with E-state index in [0.717, 1.165) is 5.02 Å². The Labute approximate surface area is 79.8 Å². The van der Waals surface area contributed by atoms with Gasteiger partial charge in [-0.15, -0.1) is 11.3 Å². The molecular formula is C9H8ClNS. The number of benzene rings is 1. The van der Waals surface area contributed by atoms with E-state index in [4.69, 9.17) is 17.3 Å². The molecule has 0 unspecified atom stereocenters. The molecule has 2 rings (SSSR count). The molecule has 0 saturated heterocycles. The monoisotopic (exact) mass is 197 g/mol. The molecule has 12 heavy (non-hydrogen) atoms. The third kappa shape index (κ3) is 1.22. The molecule has 0 radical (unpaired) electrons. The van der Waals surface area contributed by atoms with Gasteiger partial charge < -0.3 is 5.73 Å². The van der Waals surface area contributed by atoms with Crippen molar-refractivity contribution >= 4 is 33.0 Å². The predicted octanol–water partition coefficient (Wildman–Crippen LogP) is 3.01. The summed E-state index contributed by atoms with van der Waals surface area (Å²) in [5.41, 5.74) is 6.77. The van der Waals surface area contributed by atoms with Crippen LogP contribution in [0.25, 0.3) is 10.1 Å². The Bertz CT molecular complexity index is 408. The van der Waals surface area contributed by atoms with E-state index in [-0.39, 0.29) is 0 Å². The molecule has 1 aromatic carbocycles. The molecule has 2 N–H and O–H groups in total. The van der Waals surface area contributed by atoms with Crippen molar-refractivity contribution < 1.29 is 0 Å². The lowest BCUT2D eigenvalue weighted by Crippen LogP contribution is -1.93. The summed E-state index contributed by atoms with van der Waals surface area (Å²) in [6.45, 7) is 0.599. The van der Waals surface area contributed by atoms with Crippen LogP contribution in [0.3, 0.4) is 0 Å². The van der Waals surface area contributed by atoms with Crippen LogP contribution in [0, 0.1) is 0 Å². The van der Waals surface area contributed by atoms with Crippen LogP contribution in [0.1, 0.15) is 5.56 Å². The van der Waals surface area contributed by atoms with Gasteiger partial charge in [-0.2, -0.15) is 0 Å². The van der Waals surface area contributed by atoms with Gasteiger partial charge in [0.05, 0.1) is 0 Å². The van der Waals surface area contributed by atoms with Gasteiger partial charge in [0.2, 0.25) is 0 Å². The number of hydrogen-bond donors (Lipinski definition) is 1. The van der Waals surface area contributed by atoms with E-state index in [1.54, 1.807) is 11.3 Å². The third-order valence-corrected chi connectivity index (χ3v) is 3.07. The maximum atomic E-state index is 5.85. The maximum Gasteiger partial charge on any atom is 0.0420 e. The van der Waals surface area contributed by atoms with Gasteiger partial charge in [-0.05, 0) is 28.5 Å². The van der Waals surface area contributed by atoms with Crippen molar-refractivity contribution in [3.63, 3.8) is 0 Å². The molecule has 1 heterocycles. The Hall–Kier alpha value is -0.570. The van der Waals surface area contributed by atoms with Crippen molar-refractivity contribution in [1.82, 2.24) is 0 Å². The molecule has 0 aliphatic carbocycles. The first-order valence-electron chi connectivity index (χ1n) is 3.67. The molecule has 62 valence electrons. The van der Waals surface area contributed by atoms with Gasteiger partial charge in [0.1, 0.15) is 0 Å². The second-order valence-corrected chi connectivity index (χ2v) is 3.95. The lowest BCUT2D eigenvalue weighted by Gasteiger charge is -1.93. The van der Waals surface area contributed by atoms with Gasteiger partial charge in [-0.25, -0.2) is 0 Å². The summed E-state index contributed by atoms with van der Waals surface area (Å²) < 4.78 is 1.21. The van der Waals surface area contributed by atoms with Crippen LogP contribution in [0.5, 0.6) is 0 Å². The summed E-state index contributed by atoms with van der Waals surface area (Å²) in [6, 6.07) is 5.90. The van der Waals surface area contributed by atoms with Crippen molar-refractivity contribution in [3.05, 3.63) is 34.2 Å². The molecule has 0 atom stereocenters. The summed E-state index contributed by atoms with van der Waals surface area (Å²) in [6.07, 6.45) is 0. The number of fused-ring (bicyclic) bond motifs is 1. The van der Waals surface area contributed by atoms with Crippen molar-refractivity contribution in [2.75, 3.05) is 0 Å². The van der Waals surface area contributed by atoms with Crippen LogP contribution >= 0.6 is 22.9 Å². The Balaban J connectivity index is 2.73. The summed E-state index contributed by atoms with van der Waals surface area (Å²) in [7, 11) is 0. The second-order valence-electron chi connectivity index (χ2n) is 2.61. The highest BCUT2D eigenvalue weighted by molar-refractivity contribution is 7.17. The standard InChI is InChI=1S/C9H8ClNS/c10-7-1-2-8-6(4-11)5-12-9(8)3-7/h1-3,5H,4,11H2. The number of rotatable bonds is 1.